The Kier molecular flexibility index (Phi) is 3.75. The molecule has 5 nitrogen and oxygen atoms in total. The molecule has 0 aromatic rings. The van der Waals surface area contributed by atoms with Crippen LogP contribution in [0.2, 0.25) is 0 Å². The first-order valence-electron chi connectivity index (χ1n) is 5.82. The molecule has 3 unspecified atom stereocenters. The number of nitrogens with one attached hydrogen (secondary N) is 2. The van der Waals surface area contributed by atoms with E-state index in [0.717, 1.165) is 19.3 Å². The second-order valence-corrected chi connectivity index (χ2v) is 4.36. The average molecular weight is 223 g/mol. The Morgan fingerprint density at radius 1 is 1.50 bits per heavy atom. The van der Waals surface area contributed by atoms with Gasteiger partial charge < -0.3 is 15.4 Å². The Hall–Kier alpha value is -1.12. The zero-order valence-corrected chi connectivity index (χ0v) is 9.24. The van der Waals surface area contributed by atoms with Gasteiger partial charge in [0, 0.05) is 12.6 Å². The first kappa shape index (κ1) is 11.4. The van der Waals surface area contributed by atoms with Gasteiger partial charge in [0.1, 0.15) is 6.04 Å². The largest absolute Gasteiger partial charge is 0.378 e. The van der Waals surface area contributed by atoms with Crippen LogP contribution in [0.3, 0.4) is 0 Å². The minimum Gasteiger partial charge on any atom is -0.378 e. The minimum absolute atomic E-state index is 0.0199. The summed E-state index contributed by atoms with van der Waals surface area (Å²) in [5.41, 5.74) is 0. The van der Waals surface area contributed by atoms with Crippen molar-refractivity contribution in [3.8, 4) is 6.07 Å². The molecule has 1 saturated heterocycles. The number of morpholine rings is 1. The van der Waals surface area contributed by atoms with Gasteiger partial charge in [-0.15, -0.1) is 0 Å². The molecule has 1 aliphatic carbocycles. The molecule has 0 bridgehead atoms. The van der Waals surface area contributed by atoms with Gasteiger partial charge in [-0.2, -0.15) is 5.26 Å². The standard InChI is InChI=1S/C11H17N3O2/c12-6-8-2-1-3-9(8)14-11(15)10-7-16-5-4-13-10/h8-10,13H,1-5,7H2,(H,14,15). The van der Waals surface area contributed by atoms with E-state index in [0.29, 0.717) is 19.8 Å². The fraction of sp³-hybridized carbons (Fsp3) is 0.818. The smallest absolute Gasteiger partial charge is 0.239 e. The highest BCUT2D eigenvalue weighted by atomic mass is 16.5. The molecule has 2 N–H and O–H groups in total. The first-order valence-corrected chi connectivity index (χ1v) is 5.82. The number of carbonyl (C=O) groups is 1. The molecule has 0 spiro atoms. The summed E-state index contributed by atoms with van der Waals surface area (Å²) in [5.74, 6) is -0.0553. The maximum Gasteiger partial charge on any atom is 0.239 e. The Balaban J connectivity index is 1.84. The topological polar surface area (TPSA) is 74.2 Å². The third-order valence-electron chi connectivity index (χ3n) is 3.25. The molecule has 2 rings (SSSR count). The molecule has 88 valence electrons. The highest BCUT2D eigenvalue weighted by Crippen LogP contribution is 2.24. The second-order valence-electron chi connectivity index (χ2n) is 4.36. The highest BCUT2D eigenvalue weighted by Gasteiger charge is 2.31. The lowest BCUT2D eigenvalue weighted by Gasteiger charge is -2.25. The van der Waals surface area contributed by atoms with Crippen LogP contribution in [0.5, 0.6) is 0 Å². The van der Waals surface area contributed by atoms with Gasteiger partial charge in [-0.1, -0.05) is 0 Å². The molecule has 0 aromatic heterocycles. The van der Waals surface area contributed by atoms with E-state index >= 15 is 0 Å². The fourth-order valence-electron chi connectivity index (χ4n) is 2.30. The van der Waals surface area contributed by atoms with Crippen LogP contribution in [0.4, 0.5) is 0 Å². The van der Waals surface area contributed by atoms with Gasteiger partial charge in [0.15, 0.2) is 0 Å². The summed E-state index contributed by atoms with van der Waals surface area (Å²) in [6, 6.07) is 2.03. The van der Waals surface area contributed by atoms with Crippen molar-refractivity contribution in [1.29, 1.82) is 5.26 Å². The zero-order chi connectivity index (χ0) is 11.4. The van der Waals surface area contributed by atoms with Gasteiger partial charge in [-0.05, 0) is 19.3 Å². The van der Waals surface area contributed by atoms with Gasteiger partial charge in [-0.3, -0.25) is 4.79 Å². The number of hydrogen-bond donors (Lipinski definition) is 2. The number of rotatable bonds is 2. The minimum atomic E-state index is -0.256. The van der Waals surface area contributed by atoms with Crippen molar-refractivity contribution in [3.63, 3.8) is 0 Å². The maximum absolute atomic E-state index is 11.9. The van der Waals surface area contributed by atoms with Crippen molar-refractivity contribution < 1.29 is 9.53 Å². The monoisotopic (exact) mass is 223 g/mol. The molecule has 16 heavy (non-hydrogen) atoms. The number of ether oxygens (including phenoxy) is 1. The van der Waals surface area contributed by atoms with Crippen molar-refractivity contribution in [3.05, 3.63) is 0 Å². The maximum atomic E-state index is 11.9. The van der Waals surface area contributed by atoms with Crippen molar-refractivity contribution in [2.75, 3.05) is 19.8 Å². The van der Waals surface area contributed by atoms with E-state index in [1.165, 1.54) is 0 Å². The van der Waals surface area contributed by atoms with Crippen LogP contribution in [0.25, 0.3) is 0 Å². The Bertz CT molecular complexity index is 294. The first-order chi connectivity index (χ1) is 7.81. The van der Waals surface area contributed by atoms with E-state index in [-0.39, 0.29) is 23.9 Å². The van der Waals surface area contributed by atoms with E-state index in [1.54, 1.807) is 0 Å². The van der Waals surface area contributed by atoms with Crippen molar-refractivity contribution in [1.82, 2.24) is 10.6 Å². The summed E-state index contributed by atoms with van der Waals surface area (Å²) in [6.07, 6.45) is 2.84. The molecule has 1 saturated carbocycles. The lowest BCUT2D eigenvalue weighted by Crippen LogP contribution is -2.53. The van der Waals surface area contributed by atoms with E-state index in [2.05, 4.69) is 16.7 Å². The molecule has 3 atom stereocenters. The predicted molar refractivity (Wildman–Crippen MR) is 57.5 cm³/mol. The molecule has 1 heterocycles. The molecule has 0 aromatic carbocycles. The molecule has 2 aliphatic rings. The lowest BCUT2D eigenvalue weighted by atomic mass is 10.1. The van der Waals surface area contributed by atoms with E-state index in [4.69, 9.17) is 10.00 Å². The van der Waals surface area contributed by atoms with Crippen LogP contribution in [-0.4, -0.2) is 37.7 Å². The molecule has 5 heteroatoms. The van der Waals surface area contributed by atoms with Crippen molar-refractivity contribution in [2.45, 2.75) is 31.3 Å². The molecule has 1 aliphatic heterocycles. The van der Waals surface area contributed by atoms with Crippen LogP contribution in [0.1, 0.15) is 19.3 Å². The lowest BCUT2D eigenvalue weighted by molar-refractivity contribution is -0.126. The summed E-state index contributed by atoms with van der Waals surface area (Å²) in [4.78, 5) is 11.9. The Morgan fingerprint density at radius 2 is 2.38 bits per heavy atom. The van der Waals surface area contributed by atoms with Crippen LogP contribution in [0, 0.1) is 17.2 Å². The normalized spacial score (nSPS) is 34.3. The molecule has 0 radical (unpaired) electrons. The van der Waals surface area contributed by atoms with Gasteiger partial charge in [0.2, 0.25) is 5.91 Å². The summed E-state index contributed by atoms with van der Waals surface area (Å²) in [7, 11) is 0. The van der Waals surface area contributed by atoms with E-state index < -0.39 is 0 Å². The van der Waals surface area contributed by atoms with E-state index in [9.17, 15) is 4.79 Å². The SMILES string of the molecule is N#CC1CCCC1NC(=O)C1COCCN1. The van der Waals surface area contributed by atoms with Crippen LogP contribution < -0.4 is 10.6 Å². The zero-order valence-electron chi connectivity index (χ0n) is 9.24. The molecular formula is C11H17N3O2. The summed E-state index contributed by atoms with van der Waals surface area (Å²) in [5, 5.41) is 15.0. The van der Waals surface area contributed by atoms with Gasteiger partial charge >= 0.3 is 0 Å². The number of nitriles is 1. The van der Waals surface area contributed by atoms with Crippen LogP contribution in [0.15, 0.2) is 0 Å². The summed E-state index contributed by atoms with van der Waals surface area (Å²) in [6.45, 7) is 1.80. The quantitative estimate of drug-likeness (QED) is 0.679. The second kappa shape index (κ2) is 5.28. The molecule has 1 amide bonds. The molecular weight excluding hydrogens is 206 g/mol. The number of nitrogens with zero attached hydrogens (tertiary/aromatic N) is 1. The third-order valence-corrected chi connectivity index (χ3v) is 3.25. The van der Waals surface area contributed by atoms with E-state index in [1.807, 2.05) is 0 Å². The third kappa shape index (κ3) is 2.52. The van der Waals surface area contributed by atoms with Gasteiger partial charge in [-0.25, -0.2) is 0 Å². The van der Waals surface area contributed by atoms with Crippen LogP contribution >= 0.6 is 0 Å². The predicted octanol–water partition coefficient (Wildman–Crippen LogP) is -0.217. The van der Waals surface area contributed by atoms with Gasteiger partial charge in [0.05, 0.1) is 25.2 Å². The summed E-state index contributed by atoms with van der Waals surface area (Å²) < 4.78 is 5.23. The number of carbonyl (C=O) groups excluding carboxylic acids is 1. The highest BCUT2D eigenvalue weighted by molar-refractivity contribution is 5.82. The Labute approximate surface area is 95.1 Å². The Morgan fingerprint density at radius 3 is 3.06 bits per heavy atom. The summed E-state index contributed by atoms with van der Waals surface area (Å²) >= 11 is 0. The van der Waals surface area contributed by atoms with Crippen LogP contribution in [-0.2, 0) is 9.53 Å². The van der Waals surface area contributed by atoms with Crippen molar-refractivity contribution in [2.24, 2.45) is 5.92 Å². The van der Waals surface area contributed by atoms with Gasteiger partial charge in [0.25, 0.3) is 0 Å². The molecule has 2 fully saturated rings. The average Bonchev–Trinajstić information content (AvgIpc) is 2.77. The number of amides is 1. The number of hydrogen-bond acceptors (Lipinski definition) is 4. The van der Waals surface area contributed by atoms with Crippen molar-refractivity contribution >= 4 is 5.91 Å². The fourth-order valence-corrected chi connectivity index (χ4v) is 2.30.